The van der Waals surface area contributed by atoms with Gasteiger partial charge in [0.15, 0.2) is 5.82 Å². The van der Waals surface area contributed by atoms with Crippen LogP contribution < -0.4 is 4.90 Å². The van der Waals surface area contributed by atoms with Gasteiger partial charge in [0.05, 0.1) is 4.88 Å². The molecule has 0 bridgehead atoms. The highest BCUT2D eigenvalue weighted by atomic mass is 32.1. The van der Waals surface area contributed by atoms with E-state index < -0.39 is 0 Å². The Balaban J connectivity index is 1.10. The second-order valence-electron chi connectivity index (χ2n) is 9.17. The number of amides is 1. The van der Waals surface area contributed by atoms with E-state index >= 15 is 0 Å². The molecule has 7 heteroatoms. The van der Waals surface area contributed by atoms with E-state index in [0.29, 0.717) is 5.91 Å². The first kappa shape index (κ1) is 20.9. The lowest BCUT2D eigenvalue weighted by Gasteiger charge is -2.42. The molecule has 2 aromatic heterocycles. The SMILES string of the molecule is O=C(C1CCN(c2ccc(-c3cccs3)nn2)CC1)N1CCN(C2CCCCC2)CC1. The third-order valence-electron chi connectivity index (χ3n) is 7.31. The van der Waals surface area contributed by atoms with Gasteiger partial charge in [0, 0.05) is 51.2 Å². The molecule has 0 unspecified atom stereocenters. The van der Waals surface area contributed by atoms with Crippen LogP contribution in [0.15, 0.2) is 29.6 Å². The summed E-state index contributed by atoms with van der Waals surface area (Å²) in [6.07, 6.45) is 8.68. The highest BCUT2D eigenvalue weighted by molar-refractivity contribution is 7.13. The minimum Gasteiger partial charge on any atom is -0.355 e. The lowest BCUT2D eigenvalue weighted by atomic mass is 9.93. The van der Waals surface area contributed by atoms with E-state index in [1.165, 1.54) is 32.1 Å². The summed E-state index contributed by atoms with van der Waals surface area (Å²) in [5.41, 5.74) is 0.927. The molecule has 0 N–H and O–H groups in total. The Morgan fingerprint density at radius 2 is 1.65 bits per heavy atom. The van der Waals surface area contributed by atoms with Crippen LogP contribution in [0, 0.1) is 5.92 Å². The summed E-state index contributed by atoms with van der Waals surface area (Å²) in [5, 5.41) is 10.9. The second kappa shape index (κ2) is 9.65. The maximum absolute atomic E-state index is 13.1. The summed E-state index contributed by atoms with van der Waals surface area (Å²) in [6.45, 7) is 5.69. The lowest BCUT2D eigenvalue weighted by molar-refractivity contribution is -0.138. The van der Waals surface area contributed by atoms with Crippen LogP contribution in [0.2, 0.25) is 0 Å². The zero-order valence-electron chi connectivity index (χ0n) is 18.3. The van der Waals surface area contributed by atoms with Crippen LogP contribution in [0.4, 0.5) is 5.82 Å². The van der Waals surface area contributed by atoms with Crippen LogP contribution in [-0.4, -0.2) is 71.2 Å². The zero-order chi connectivity index (χ0) is 21.0. The molecule has 0 atom stereocenters. The van der Waals surface area contributed by atoms with Crippen LogP contribution >= 0.6 is 11.3 Å². The number of carbonyl (C=O) groups excluding carboxylic acids is 1. The fourth-order valence-corrected chi connectivity index (χ4v) is 6.11. The van der Waals surface area contributed by atoms with Crippen molar-refractivity contribution in [2.24, 2.45) is 5.92 Å². The number of piperidine rings is 1. The molecule has 2 saturated heterocycles. The van der Waals surface area contributed by atoms with E-state index in [1.54, 1.807) is 11.3 Å². The third kappa shape index (κ3) is 4.77. The quantitative estimate of drug-likeness (QED) is 0.723. The fraction of sp³-hybridized carbons (Fsp3) is 0.625. The highest BCUT2D eigenvalue weighted by Gasteiger charge is 2.32. The number of piperazine rings is 1. The Kier molecular flexibility index (Phi) is 6.50. The van der Waals surface area contributed by atoms with Crippen LogP contribution in [0.5, 0.6) is 0 Å². The molecule has 2 aromatic rings. The average Bonchev–Trinajstić information content (AvgIpc) is 3.40. The molecule has 166 valence electrons. The standard InChI is InChI=1S/C24H33N5OS/c30-24(29-16-14-27(15-17-29)20-5-2-1-3-6-20)19-10-12-28(13-11-19)23-9-8-21(25-26-23)22-7-4-18-31-22/h4,7-9,18-20H,1-3,5-6,10-17H2. The van der Waals surface area contributed by atoms with Gasteiger partial charge in [0.25, 0.3) is 0 Å². The van der Waals surface area contributed by atoms with Crippen molar-refractivity contribution in [2.45, 2.75) is 51.0 Å². The summed E-state index contributed by atoms with van der Waals surface area (Å²) in [6, 6.07) is 8.99. The number of hydrogen-bond donors (Lipinski definition) is 0. The number of carbonyl (C=O) groups is 1. The smallest absolute Gasteiger partial charge is 0.225 e. The molecule has 1 saturated carbocycles. The maximum Gasteiger partial charge on any atom is 0.225 e. The molecule has 5 rings (SSSR count). The van der Waals surface area contributed by atoms with Gasteiger partial charge in [-0.1, -0.05) is 25.3 Å². The minimum atomic E-state index is 0.163. The molecule has 0 aromatic carbocycles. The van der Waals surface area contributed by atoms with E-state index in [1.807, 2.05) is 6.07 Å². The van der Waals surface area contributed by atoms with Crippen molar-refractivity contribution in [3.05, 3.63) is 29.6 Å². The number of anilines is 1. The van der Waals surface area contributed by atoms with Crippen molar-refractivity contribution in [1.82, 2.24) is 20.0 Å². The summed E-state index contributed by atoms with van der Waals surface area (Å²) in [7, 11) is 0. The second-order valence-corrected chi connectivity index (χ2v) is 10.1. The van der Waals surface area contributed by atoms with Gasteiger partial charge in [-0.3, -0.25) is 9.69 Å². The van der Waals surface area contributed by atoms with Gasteiger partial charge < -0.3 is 9.80 Å². The first-order valence-corrected chi connectivity index (χ1v) is 12.8. The Hall–Kier alpha value is -1.99. The van der Waals surface area contributed by atoms with Crippen molar-refractivity contribution < 1.29 is 4.79 Å². The van der Waals surface area contributed by atoms with Gasteiger partial charge in [-0.15, -0.1) is 21.5 Å². The molecule has 6 nitrogen and oxygen atoms in total. The molecule has 31 heavy (non-hydrogen) atoms. The van der Waals surface area contributed by atoms with E-state index in [9.17, 15) is 4.79 Å². The van der Waals surface area contributed by atoms with Gasteiger partial charge in [-0.2, -0.15) is 0 Å². The van der Waals surface area contributed by atoms with Crippen LogP contribution in [0.1, 0.15) is 44.9 Å². The molecule has 3 fully saturated rings. The lowest BCUT2D eigenvalue weighted by Crippen LogP contribution is -2.54. The molecular weight excluding hydrogens is 406 g/mol. The average molecular weight is 440 g/mol. The van der Waals surface area contributed by atoms with E-state index in [0.717, 1.165) is 74.5 Å². The molecule has 1 aliphatic carbocycles. The Labute approximate surface area is 189 Å². The number of thiophene rings is 1. The molecule has 1 amide bonds. The van der Waals surface area contributed by atoms with E-state index in [4.69, 9.17) is 0 Å². The third-order valence-corrected chi connectivity index (χ3v) is 8.20. The first-order valence-electron chi connectivity index (χ1n) is 11.9. The molecule has 0 spiro atoms. The summed E-state index contributed by atoms with van der Waals surface area (Å²) in [4.78, 5) is 21.3. The van der Waals surface area contributed by atoms with Crippen LogP contribution in [0.3, 0.4) is 0 Å². The maximum atomic E-state index is 13.1. The molecule has 3 aliphatic rings. The highest BCUT2D eigenvalue weighted by Crippen LogP contribution is 2.27. The summed E-state index contributed by atoms with van der Waals surface area (Å²) in [5.74, 6) is 1.46. The van der Waals surface area contributed by atoms with Crippen molar-refractivity contribution in [3.8, 4) is 10.6 Å². The van der Waals surface area contributed by atoms with Gasteiger partial charge in [-0.25, -0.2) is 0 Å². The van der Waals surface area contributed by atoms with E-state index in [2.05, 4.69) is 48.5 Å². The Morgan fingerprint density at radius 1 is 0.871 bits per heavy atom. The fourth-order valence-electron chi connectivity index (χ4n) is 5.42. The number of rotatable bonds is 4. The van der Waals surface area contributed by atoms with Gasteiger partial charge in [0.1, 0.15) is 5.69 Å². The Morgan fingerprint density at radius 3 is 2.29 bits per heavy atom. The van der Waals surface area contributed by atoms with Crippen LogP contribution in [0.25, 0.3) is 10.6 Å². The monoisotopic (exact) mass is 439 g/mol. The summed E-state index contributed by atoms with van der Waals surface area (Å²) >= 11 is 1.68. The van der Waals surface area contributed by atoms with Gasteiger partial charge in [-0.05, 0) is 49.3 Å². The largest absolute Gasteiger partial charge is 0.355 e. The molecule has 0 radical (unpaired) electrons. The van der Waals surface area contributed by atoms with Crippen molar-refractivity contribution in [3.63, 3.8) is 0 Å². The number of hydrogen-bond acceptors (Lipinski definition) is 6. The van der Waals surface area contributed by atoms with Crippen molar-refractivity contribution >= 4 is 23.1 Å². The van der Waals surface area contributed by atoms with Crippen molar-refractivity contribution in [2.75, 3.05) is 44.2 Å². The predicted molar refractivity (Wildman–Crippen MR) is 125 cm³/mol. The predicted octanol–water partition coefficient (Wildman–Crippen LogP) is 3.90. The molecular formula is C24H33N5OS. The zero-order valence-corrected chi connectivity index (χ0v) is 19.1. The topological polar surface area (TPSA) is 52.6 Å². The number of aromatic nitrogens is 2. The minimum absolute atomic E-state index is 0.163. The molecule has 4 heterocycles. The molecule has 2 aliphatic heterocycles. The number of nitrogens with zero attached hydrogens (tertiary/aromatic N) is 5. The Bertz CT molecular complexity index is 833. The summed E-state index contributed by atoms with van der Waals surface area (Å²) < 4.78 is 0. The van der Waals surface area contributed by atoms with Crippen LogP contribution in [-0.2, 0) is 4.79 Å². The van der Waals surface area contributed by atoms with E-state index in [-0.39, 0.29) is 5.92 Å². The first-order chi connectivity index (χ1) is 15.3. The van der Waals surface area contributed by atoms with Crippen molar-refractivity contribution in [1.29, 1.82) is 0 Å². The normalized spacial score (nSPS) is 22.1. The van der Waals surface area contributed by atoms with Gasteiger partial charge >= 0.3 is 0 Å². The van der Waals surface area contributed by atoms with Gasteiger partial charge in [0.2, 0.25) is 5.91 Å².